The molecule has 0 spiro atoms. The normalized spacial score (nSPS) is 9.52. The topological polar surface area (TPSA) is 56.6 Å². The first-order valence-corrected chi connectivity index (χ1v) is 7.13. The monoisotopic (exact) mass is 307 g/mol. The zero-order chi connectivity index (χ0) is 16.5. The van der Waals surface area contributed by atoms with Crippen molar-refractivity contribution in [2.75, 3.05) is 23.2 Å². The van der Waals surface area contributed by atoms with Crippen molar-refractivity contribution >= 4 is 17.3 Å². The summed E-state index contributed by atoms with van der Waals surface area (Å²) in [5, 5.41) is 12.8. The van der Waals surface area contributed by atoms with Gasteiger partial charge in [-0.15, -0.1) is 0 Å². The number of hydrogen-bond donors (Lipinski definition) is 0. The molecule has 0 heterocycles. The minimum Gasteiger partial charge on any atom is -0.461 e. The van der Waals surface area contributed by atoms with Crippen molar-refractivity contribution in [2.24, 2.45) is 0 Å². The number of nitrogens with zero attached hydrogens (tertiary/aromatic N) is 3. The molecule has 0 aromatic heterocycles. The summed E-state index contributed by atoms with van der Waals surface area (Å²) in [7, 11) is 0. The lowest BCUT2D eigenvalue weighted by Crippen LogP contribution is -2.42. The molecule has 0 unspecified atom stereocenters. The third-order valence-corrected chi connectivity index (χ3v) is 3.11. The molecule has 2 aromatic rings. The number of esters is 1. The van der Waals surface area contributed by atoms with Crippen LogP contribution in [0.3, 0.4) is 0 Å². The summed E-state index contributed by atoms with van der Waals surface area (Å²) in [5.74, 6) is -0.485. The maximum absolute atomic E-state index is 11.2. The molecule has 0 atom stereocenters. The van der Waals surface area contributed by atoms with E-state index in [1.54, 1.807) is 5.01 Å². The van der Waals surface area contributed by atoms with Crippen molar-refractivity contribution in [2.45, 2.75) is 0 Å². The summed E-state index contributed by atoms with van der Waals surface area (Å²) in [6.45, 7) is 3.85. The first kappa shape index (κ1) is 16.1. The van der Waals surface area contributed by atoms with Crippen molar-refractivity contribution in [1.29, 1.82) is 5.26 Å². The van der Waals surface area contributed by atoms with Crippen LogP contribution in [0.1, 0.15) is 0 Å². The molecule has 0 fully saturated rings. The van der Waals surface area contributed by atoms with Crippen LogP contribution < -0.4 is 10.0 Å². The molecule has 0 N–H and O–H groups in total. The minimum absolute atomic E-state index is 0.144. The van der Waals surface area contributed by atoms with Crippen LogP contribution in [0.15, 0.2) is 73.3 Å². The van der Waals surface area contributed by atoms with E-state index in [4.69, 9.17) is 4.74 Å². The molecule has 23 heavy (non-hydrogen) atoms. The number of nitriles is 1. The zero-order valence-corrected chi connectivity index (χ0v) is 12.6. The van der Waals surface area contributed by atoms with Crippen LogP contribution in [0, 0.1) is 11.5 Å². The van der Waals surface area contributed by atoms with Gasteiger partial charge in [0.15, 0.2) is 0 Å². The summed E-state index contributed by atoms with van der Waals surface area (Å²) >= 11 is 0. The largest absolute Gasteiger partial charge is 0.461 e. The maximum atomic E-state index is 11.2. The highest BCUT2D eigenvalue weighted by Crippen LogP contribution is 2.21. The number of para-hydroxylation sites is 2. The lowest BCUT2D eigenvalue weighted by molar-refractivity contribution is -0.137. The maximum Gasteiger partial charge on any atom is 0.330 e. The molecule has 0 saturated carbocycles. The first-order chi connectivity index (χ1) is 11.3. The summed E-state index contributed by atoms with van der Waals surface area (Å²) in [6, 6.07) is 18.8. The van der Waals surface area contributed by atoms with Crippen LogP contribution in [-0.4, -0.2) is 19.1 Å². The number of hydrazine groups is 1. The van der Waals surface area contributed by atoms with Gasteiger partial charge in [0.1, 0.15) is 6.61 Å². The van der Waals surface area contributed by atoms with Crippen LogP contribution in [0.2, 0.25) is 0 Å². The fraction of sp³-hybridized carbons (Fsp3) is 0.111. The van der Waals surface area contributed by atoms with Crippen LogP contribution in [0.25, 0.3) is 0 Å². The molecule has 5 nitrogen and oxygen atoms in total. The second-order valence-corrected chi connectivity index (χ2v) is 4.58. The van der Waals surface area contributed by atoms with E-state index in [0.29, 0.717) is 6.54 Å². The molecule has 0 aliphatic heterocycles. The third-order valence-electron chi connectivity index (χ3n) is 3.11. The van der Waals surface area contributed by atoms with Crippen molar-refractivity contribution < 1.29 is 9.53 Å². The van der Waals surface area contributed by atoms with Gasteiger partial charge in [0, 0.05) is 6.08 Å². The Morgan fingerprint density at radius 1 is 1.09 bits per heavy atom. The molecule has 0 amide bonds. The lowest BCUT2D eigenvalue weighted by atomic mass is 10.3. The molecular formula is C18H17N3O2. The van der Waals surface area contributed by atoms with E-state index in [-0.39, 0.29) is 6.61 Å². The summed E-state index contributed by atoms with van der Waals surface area (Å²) in [5.41, 5.74) is 1.56. The lowest BCUT2D eigenvalue weighted by Gasteiger charge is -2.32. The van der Waals surface area contributed by atoms with Gasteiger partial charge in [-0.1, -0.05) is 43.0 Å². The Hall–Kier alpha value is -3.26. The molecule has 116 valence electrons. The number of carbonyl (C=O) groups is 1. The van der Waals surface area contributed by atoms with Crippen LogP contribution in [-0.2, 0) is 9.53 Å². The number of hydrogen-bond acceptors (Lipinski definition) is 5. The number of ether oxygens (including phenoxy) is 1. The van der Waals surface area contributed by atoms with Crippen LogP contribution in [0.5, 0.6) is 0 Å². The molecule has 2 aromatic carbocycles. The summed E-state index contributed by atoms with van der Waals surface area (Å²) in [4.78, 5) is 11.2. The number of benzene rings is 2. The summed E-state index contributed by atoms with van der Waals surface area (Å²) < 4.78 is 5.04. The predicted molar refractivity (Wildman–Crippen MR) is 89.5 cm³/mol. The van der Waals surface area contributed by atoms with Crippen molar-refractivity contribution in [3.05, 3.63) is 73.3 Å². The zero-order valence-electron chi connectivity index (χ0n) is 12.6. The number of anilines is 2. The SMILES string of the molecule is C=CC(=O)OCCN(c1ccccc1)N(C#N)c1ccccc1. The van der Waals surface area contributed by atoms with Gasteiger partial charge in [-0.05, 0) is 24.3 Å². The third kappa shape index (κ3) is 4.35. The second-order valence-electron chi connectivity index (χ2n) is 4.58. The highest BCUT2D eigenvalue weighted by molar-refractivity contribution is 5.81. The van der Waals surface area contributed by atoms with E-state index in [1.807, 2.05) is 60.7 Å². The molecule has 2 rings (SSSR count). The highest BCUT2D eigenvalue weighted by Gasteiger charge is 2.17. The quantitative estimate of drug-likeness (QED) is 0.259. The van der Waals surface area contributed by atoms with E-state index in [2.05, 4.69) is 12.8 Å². The van der Waals surface area contributed by atoms with Gasteiger partial charge >= 0.3 is 5.97 Å². The standard InChI is InChI=1S/C18H17N3O2/c1-2-18(22)23-14-13-20(16-9-5-3-6-10-16)21(15-19)17-11-7-4-8-12-17/h2-12H,1,13-14H2. The second kappa shape index (κ2) is 8.25. The first-order valence-electron chi connectivity index (χ1n) is 7.13. The molecule has 0 bridgehead atoms. The van der Waals surface area contributed by atoms with Gasteiger partial charge in [-0.3, -0.25) is 5.01 Å². The molecule has 0 saturated heterocycles. The van der Waals surface area contributed by atoms with Crippen LogP contribution >= 0.6 is 0 Å². The molecule has 5 heteroatoms. The van der Waals surface area contributed by atoms with Crippen molar-refractivity contribution in [3.63, 3.8) is 0 Å². The van der Waals surface area contributed by atoms with Gasteiger partial charge in [0.2, 0.25) is 6.19 Å². The Bertz CT molecular complexity index is 680. The Labute approximate surface area is 135 Å². The Kier molecular flexibility index (Phi) is 5.78. The van der Waals surface area contributed by atoms with E-state index in [1.165, 1.54) is 5.01 Å². The van der Waals surface area contributed by atoms with Gasteiger partial charge in [-0.25, -0.2) is 4.79 Å². The van der Waals surface area contributed by atoms with E-state index in [0.717, 1.165) is 17.5 Å². The molecular weight excluding hydrogens is 290 g/mol. The Morgan fingerprint density at radius 3 is 2.17 bits per heavy atom. The average Bonchev–Trinajstić information content (AvgIpc) is 2.62. The van der Waals surface area contributed by atoms with Gasteiger partial charge in [0.25, 0.3) is 0 Å². The highest BCUT2D eigenvalue weighted by atomic mass is 16.5. The Balaban J connectivity index is 2.23. The number of rotatable bonds is 7. The van der Waals surface area contributed by atoms with Crippen LogP contribution in [0.4, 0.5) is 11.4 Å². The Morgan fingerprint density at radius 2 is 1.65 bits per heavy atom. The fourth-order valence-corrected chi connectivity index (χ4v) is 2.06. The van der Waals surface area contributed by atoms with E-state index < -0.39 is 5.97 Å². The average molecular weight is 307 g/mol. The molecule has 0 aliphatic carbocycles. The predicted octanol–water partition coefficient (Wildman–Crippen LogP) is 3.12. The van der Waals surface area contributed by atoms with Crippen molar-refractivity contribution in [3.8, 4) is 6.19 Å². The summed E-state index contributed by atoms with van der Waals surface area (Å²) in [6.07, 6.45) is 3.28. The van der Waals surface area contributed by atoms with Crippen molar-refractivity contribution in [1.82, 2.24) is 0 Å². The smallest absolute Gasteiger partial charge is 0.330 e. The molecule has 0 aliphatic rings. The van der Waals surface area contributed by atoms with E-state index >= 15 is 0 Å². The van der Waals surface area contributed by atoms with Gasteiger partial charge < -0.3 is 4.74 Å². The fourth-order valence-electron chi connectivity index (χ4n) is 2.06. The van der Waals surface area contributed by atoms with Gasteiger partial charge in [0.05, 0.1) is 17.9 Å². The van der Waals surface area contributed by atoms with E-state index in [9.17, 15) is 10.1 Å². The molecule has 0 radical (unpaired) electrons. The minimum atomic E-state index is -0.485. The van der Waals surface area contributed by atoms with Gasteiger partial charge in [-0.2, -0.15) is 10.3 Å². The number of carbonyl (C=O) groups excluding carboxylic acids is 1.